The summed E-state index contributed by atoms with van der Waals surface area (Å²) in [6.45, 7) is 6.36. The molecule has 1 unspecified atom stereocenters. The Labute approximate surface area is 111 Å². The number of nitrogens with zero attached hydrogens (tertiary/aromatic N) is 1. The van der Waals surface area contributed by atoms with E-state index in [0.29, 0.717) is 24.6 Å². The van der Waals surface area contributed by atoms with Gasteiger partial charge in [0.2, 0.25) is 0 Å². The van der Waals surface area contributed by atoms with Crippen molar-refractivity contribution in [3.05, 3.63) is 0 Å². The Morgan fingerprint density at radius 3 is 2.33 bits per heavy atom. The molecule has 0 spiro atoms. The topological polar surface area (TPSA) is 58.6 Å². The third-order valence-electron chi connectivity index (χ3n) is 3.88. The number of rotatable bonds is 6. The second-order valence-corrected chi connectivity index (χ2v) is 7.73. The van der Waals surface area contributed by atoms with E-state index in [1.807, 2.05) is 7.05 Å². The lowest BCUT2D eigenvalue weighted by molar-refractivity contribution is -0.0126. The van der Waals surface area contributed by atoms with Gasteiger partial charge >= 0.3 is 0 Å². The first-order valence-electron chi connectivity index (χ1n) is 6.46. The van der Waals surface area contributed by atoms with Crippen molar-refractivity contribution in [2.75, 3.05) is 45.3 Å². The summed E-state index contributed by atoms with van der Waals surface area (Å²) in [5.74, 6) is 0.593. The monoisotopic (exact) mass is 278 g/mol. The molecule has 0 saturated carbocycles. The van der Waals surface area contributed by atoms with Crippen LogP contribution in [0.2, 0.25) is 0 Å². The van der Waals surface area contributed by atoms with Crippen LogP contribution >= 0.6 is 0 Å². The van der Waals surface area contributed by atoms with Crippen molar-refractivity contribution >= 4 is 9.84 Å². The summed E-state index contributed by atoms with van der Waals surface area (Å²) in [5.41, 5.74) is -0.212. The lowest BCUT2D eigenvalue weighted by Crippen LogP contribution is -2.49. The molecule has 1 aliphatic rings. The van der Waals surface area contributed by atoms with Gasteiger partial charge in [0.05, 0.1) is 17.1 Å². The Bertz CT molecular complexity index is 340. The van der Waals surface area contributed by atoms with Gasteiger partial charge < -0.3 is 15.0 Å². The maximum absolute atomic E-state index is 11.3. The summed E-state index contributed by atoms with van der Waals surface area (Å²) in [6, 6.07) is 0.265. The van der Waals surface area contributed by atoms with E-state index >= 15 is 0 Å². The molecule has 1 saturated heterocycles. The number of likely N-dealkylation sites (N-methyl/N-ethyl adjacent to an activating group) is 1. The molecule has 0 aromatic heterocycles. The van der Waals surface area contributed by atoms with E-state index in [1.54, 1.807) is 7.11 Å². The first kappa shape index (κ1) is 15.9. The zero-order valence-electron chi connectivity index (χ0n) is 11.9. The number of nitrogens with one attached hydrogen (secondary N) is 1. The van der Waals surface area contributed by atoms with Gasteiger partial charge in [-0.25, -0.2) is 8.42 Å². The van der Waals surface area contributed by atoms with Crippen LogP contribution in [0.15, 0.2) is 0 Å². The summed E-state index contributed by atoms with van der Waals surface area (Å²) in [4.78, 5) is 2.22. The van der Waals surface area contributed by atoms with Gasteiger partial charge in [0.25, 0.3) is 0 Å². The molecule has 6 heteroatoms. The summed E-state index contributed by atoms with van der Waals surface area (Å²) >= 11 is 0. The number of hydrogen-bond acceptors (Lipinski definition) is 5. The summed E-state index contributed by atoms with van der Waals surface area (Å²) in [6.07, 6.45) is 0.956. The molecule has 1 heterocycles. The maximum Gasteiger partial charge on any atom is 0.152 e. The lowest BCUT2D eigenvalue weighted by atomic mass is 9.95. The van der Waals surface area contributed by atoms with Crippen LogP contribution in [0.3, 0.4) is 0 Å². The van der Waals surface area contributed by atoms with Crippen molar-refractivity contribution in [2.24, 2.45) is 0 Å². The van der Waals surface area contributed by atoms with Crippen LogP contribution in [0.4, 0.5) is 0 Å². The Hall–Kier alpha value is -0.170. The van der Waals surface area contributed by atoms with Gasteiger partial charge in [-0.1, -0.05) is 0 Å². The predicted octanol–water partition coefficient (Wildman–Crippen LogP) is 0.120. The van der Waals surface area contributed by atoms with Crippen molar-refractivity contribution < 1.29 is 13.2 Å². The van der Waals surface area contributed by atoms with Crippen LogP contribution in [0, 0.1) is 0 Å². The molecule has 1 rings (SSSR count). The normalized spacial score (nSPS) is 22.9. The highest BCUT2D eigenvalue weighted by molar-refractivity contribution is 7.91. The molecule has 0 radical (unpaired) electrons. The van der Waals surface area contributed by atoms with Crippen LogP contribution in [0.1, 0.15) is 20.3 Å². The van der Waals surface area contributed by atoms with Crippen LogP contribution in [-0.4, -0.2) is 70.3 Å². The number of methoxy groups -OCH3 is 1. The van der Waals surface area contributed by atoms with Gasteiger partial charge in [0.15, 0.2) is 9.84 Å². The zero-order valence-corrected chi connectivity index (χ0v) is 12.7. The van der Waals surface area contributed by atoms with Crippen LogP contribution < -0.4 is 5.32 Å². The molecule has 5 nitrogen and oxygen atoms in total. The smallest absolute Gasteiger partial charge is 0.152 e. The Kier molecular flexibility index (Phi) is 5.58. The fourth-order valence-electron chi connectivity index (χ4n) is 2.27. The van der Waals surface area contributed by atoms with Crippen molar-refractivity contribution in [3.63, 3.8) is 0 Å². The van der Waals surface area contributed by atoms with Crippen molar-refractivity contribution in [1.29, 1.82) is 0 Å². The van der Waals surface area contributed by atoms with E-state index in [0.717, 1.165) is 13.0 Å². The predicted molar refractivity (Wildman–Crippen MR) is 73.6 cm³/mol. The third kappa shape index (κ3) is 4.50. The molecule has 0 amide bonds. The number of sulfone groups is 1. The molecule has 18 heavy (non-hydrogen) atoms. The molecule has 1 atom stereocenters. The molecule has 0 aliphatic carbocycles. The standard InChI is InChI=1S/C12H26N2O3S/c1-12(2,17-4)11(13-3)5-6-14-7-9-18(15,16)10-8-14/h11,13H,5-10H2,1-4H3. The van der Waals surface area contributed by atoms with Gasteiger partial charge in [0.1, 0.15) is 0 Å². The second kappa shape index (κ2) is 6.32. The minimum absolute atomic E-state index is 0.212. The fraction of sp³-hybridized carbons (Fsp3) is 1.00. The molecule has 1 fully saturated rings. The summed E-state index contributed by atoms with van der Waals surface area (Å²) < 4.78 is 28.2. The average Bonchev–Trinajstić information content (AvgIpc) is 2.31. The Balaban J connectivity index is 2.41. The molecule has 0 bridgehead atoms. The quantitative estimate of drug-likeness (QED) is 0.748. The highest BCUT2D eigenvalue weighted by Gasteiger charge is 2.29. The van der Waals surface area contributed by atoms with E-state index in [1.165, 1.54) is 0 Å². The molecular formula is C12H26N2O3S. The number of hydrogen-bond donors (Lipinski definition) is 1. The van der Waals surface area contributed by atoms with E-state index < -0.39 is 9.84 Å². The third-order valence-corrected chi connectivity index (χ3v) is 5.49. The maximum atomic E-state index is 11.3. The highest BCUT2D eigenvalue weighted by Crippen LogP contribution is 2.17. The fourth-order valence-corrected chi connectivity index (χ4v) is 3.54. The summed E-state index contributed by atoms with van der Waals surface area (Å²) in [7, 11) is 0.882. The molecule has 108 valence electrons. The van der Waals surface area contributed by atoms with Gasteiger partial charge in [-0.3, -0.25) is 0 Å². The van der Waals surface area contributed by atoms with Crippen LogP contribution in [0.25, 0.3) is 0 Å². The van der Waals surface area contributed by atoms with Crippen molar-refractivity contribution in [1.82, 2.24) is 10.2 Å². The average molecular weight is 278 g/mol. The van der Waals surface area contributed by atoms with Gasteiger partial charge in [-0.05, 0) is 33.9 Å². The number of ether oxygens (including phenoxy) is 1. The van der Waals surface area contributed by atoms with E-state index in [9.17, 15) is 8.42 Å². The van der Waals surface area contributed by atoms with Gasteiger partial charge in [-0.2, -0.15) is 0 Å². The molecule has 1 aliphatic heterocycles. The largest absolute Gasteiger partial charge is 0.377 e. The minimum Gasteiger partial charge on any atom is -0.377 e. The van der Waals surface area contributed by atoms with E-state index in [2.05, 4.69) is 24.1 Å². The van der Waals surface area contributed by atoms with E-state index in [4.69, 9.17) is 4.74 Å². The first-order chi connectivity index (χ1) is 8.30. The van der Waals surface area contributed by atoms with Crippen LogP contribution in [0.5, 0.6) is 0 Å². The van der Waals surface area contributed by atoms with Crippen LogP contribution in [-0.2, 0) is 14.6 Å². The minimum atomic E-state index is -2.77. The second-order valence-electron chi connectivity index (χ2n) is 5.43. The SMILES string of the molecule is CNC(CCN1CCS(=O)(=O)CC1)C(C)(C)OC. The molecule has 0 aromatic carbocycles. The van der Waals surface area contributed by atoms with Gasteiger partial charge in [0, 0.05) is 26.2 Å². The summed E-state index contributed by atoms with van der Waals surface area (Å²) in [5, 5.41) is 3.28. The molecular weight excluding hydrogens is 252 g/mol. The lowest BCUT2D eigenvalue weighted by Gasteiger charge is -2.35. The zero-order chi connectivity index (χ0) is 13.8. The molecule has 1 N–H and O–H groups in total. The Morgan fingerprint density at radius 2 is 1.89 bits per heavy atom. The van der Waals surface area contributed by atoms with Crippen molar-refractivity contribution in [2.45, 2.75) is 31.9 Å². The first-order valence-corrected chi connectivity index (χ1v) is 8.28. The Morgan fingerprint density at radius 1 is 1.33 bits per heavy atom. The van der Waals surface area contributed by atoms with E-state index in [-0.39, 0.29) is 11.6 Å². The van der Waals surface area contributed by atoms with Crippen molar-refractivity contribution in [3.8, 4) is 0 Å². The highest BCUT2D eigenvalue weighted by atomic mass is 32.2. The van der Waals surface area contributed by atoms with Gasteiger partial charge in [-0.15, -0.1) is 0 Å². The molecule has 0 aromatic rings.